The van der Waals surface area contributed by atoms with Gasteiger partial charge in [-0.2, -0.15) is 0 Å². The second-order valence-electron chi connectivity index (χ2n) is 6.58. The molecule has 0 amide bonds. The lowest BCUT2D eigenvalue weighted by Gasteiger charge is -2.23. The quantitative estimate of drug-likeness (QED) is 0.726. The third-order valence-electron chi connectivity index (χ3n) is 4.82. The number of aromatic nitrogens is 3. The van der Waals surface area contributed by atoms with E-state index in [1.165, 1.54) is 6.33 Å². The minimum absolute atomic E-state index is 0.232. The maximum atomic E-state index is 11.6. The molecular formula is C21H20N4O2. The number of rotatable bonds is 3. The smallest absolute Gasteiger partial charge is 0.149 e. The number of benzene rings is 1. The largest absolute Gasteiger partial charge is 0.481 e. The topological polar surface area (TPSA) is 83.0 Å². The van der Waals surface area contributed by atoms with E-state index in [1.807, 2.05) is 36.5 Å². The zero-order valence-electron chi connectivity index (χ0n) is 14.9. The predicted octanol–water partition coefficient (Wildman–Crippen LogP) is 3.13. The fraction of sp³-hybridized carbons (Fsp3) is 0.286. The molecule has 1 saturated carbocycles. The van der Waals surface area contributed by atoms with Crippen LogP contribution in [0.3, 0.4) is 0 Å². The summed E-state index contributed by atoms with van der Waals surface area (Å²) in [5.74, 6) is 7.71. The SMILES string of the molecule is Nc1ncnc2c1c(C#CCOc1ccccc1)cn2C1CCC(=O)CC1. The van der Waals surface area contributed by atoms with E-state index < -0.39 is 0 Å². The highest BCUT2D eigenvalue weighted by Crippen LogP contribution is 2.32. The van der Waals surface area contributed by atoms with E-state index >= 15 is 0 Å². The highest BCUT2D eigenvalue weighted by atomic mass is 16.5. The molecule has 0 atom stereocenters. The lowest BCUT2D eigenvalue weighted by atomic mass is 9.94. The van der Waals surface area contributed by atoms with Crippen LogP contribution in [0, 0.1) is 11.8 Å². The highest BCUT2D eigenvalue weighted by molar-refractivity contribution is 5.92. The Kier molecular flexibility index (Phi) is 4.75. The summed E-state index contributed by atoms with van der Waals surface area (Å²) >= 11 is 0. The molecule has 27 heavy (non-hydrogen) atoms. The van der Waals surface area contributed by atoms with Crippen molar-refractivity contribution in [2.24, 2.45) is 0 Å². The number of anilines is 1. The van der Waals surface area contributed by atoms with Crippen LogP contribution in [0.5, 0.6) is 5.75 Å². The van der Waals surface area contributed by atoms with E-state index in [9.17, 15) is 4.79 Å². The molecule has 0 radical (unpaired) electrons. The van der Waals surface area contributed by atoms with Gasteiger partial charge >= 0.3 is 0 Å². The van der Waals surface area contributed by atoms with Crippen LogP contribution in [0.25, 0.3) is 11.0 Å². The number of ketones is 1. The third-order valence-corrected chi connectivity index (χ3v) is 4.82. The van der Waals surface area contributed by atoms with Gasteiger partial charge < -0.3 is 15.0 Å². The Bertz CT molecular complexity index is 1020. The maximum Gasteiger partial charge on any atom is 0.149 e. The van der Waals surface area contributed by atoms with Gasteiger partial charge in [-0.1, -0.05) is 30.0 Å². The number of nitrogens with zero attached hydrogens (tertiary/aromatic N) is 3. The van der Waals surface area contributed by atoms with E-state index in [2.05, 4.69) is 26.4 Å². The first kappa shape index (κ1) is 17.1. The van der Waals surface area contributed by atoms with E-state index in [0.717, 1.165) is 35.2 Å². The zero-order chi connectivity index (χ0) is 18.6. The first-order valence-electron chi connectivity index (χ1n) is 9.02. The summed E-state index contributed by atoms with van der Waals surface area (Å²) in [5, 5.41) is 0.765. The molecule has 1 aliphatic carbocycles. The van der Waals surface area contributed by atoms with Crippen molar-refractivity contribution in [3.63, 3.8) is 0 Å². The van der Waals surface area contributed by atoms with Crippen molar-refractivity contribution in [3.8, 4) is 17.6 Å². The lowest BCUT2D eigenvalue weighted by molar-refractivity contribution is -0.120. The van der Waals surface area contributed by atoms with Crippen LogP contribution in [-0.2, 0) is 4.79 Å². The van der Waals surface area contributed by atoms with Crippen molar-refractivity contribution in [1.29, 1.82) is 0 Å². The van der Waals surface area contributed by atoms with Crippen molar-refractivity contribution in [3.05, 3.63) is 48.4 Å². The number of nitrogen functional groups attached to an aromatic ring is 1. The van der Waals surface area contributed by atoms with Crippen LogP contribution in [0.15, 0.2) is 42.9 Å². The van der Waals surface area contributed by atoms with E-state index in [0.29, 0.717) is 24.4 Å². The maximum absolute atomic E-state index is 11.6. The number of hydrogen-bond acceptors (Lipinski definition) is 5. The first-order valence-corrected chi connectivity index (χ1v) is 9.02. The molecular weight excluding hydrogens is 340 g/mol. The number of Topliss-reactive ketones (excluding diaryl/α,β-unsaturated/α-hetero) is 1. The molecule has 0 spiro atoms. The highest BCUT2D eigenvalue weighted by Gasteiger charge is 2.23. The molecule has 2 heterocycles. The third kappa shape index (κ3) is 3.63. The van der Waals surface area contributed by atoms with Gasteiger partial charge in [0.05, 0.1) is 10.9 Å². The summed E-state index contributed by atoms with van der Waals surface area (Å²) in [6, 6.07) is 9.80. The first-order chi connectivity index (χ1) is 13.2. The van der Waals surface area contributed by atoms with Crippen LogP contribution < -0.4 is 10.5 Å². The van der Waals surface area contributed by atoms with Gasteiger partial charge in [-0.25, -0.2) is 9.97 Å². The molecule has 1 aromatic carbocycles. The Hall–Kier alpha value is -3.33. The van der Waals surface area contributed by atoms with Gasteiger partial charge in [0.25, 0.3) is 0 Å². The second kappa shape index (κ2) is 7.50. The average Bonchev–Trinajstić information content (AvgIpc) is 3.07. The van der Waals surface area contributed by atoms with Gasteiger partial charge in [-0.15, -0.1) is 0 Å². The van der Waals surface area contributed by atoms with Crippen molar-refractivity contribution < 1.29 is 9.53 Å². The number of nitrogens with two attached hydrogens (primary N) is 1. The van der Waals surface area contributed by atoms with Gasteiger partial charge in [0, 0.05) is 25.1 Å². The molecule has 2 aromatic heterocycles. The molecule has 0 bridgehead atoms. The minimum atomic E-state index is 0.232. The van der Waals surface area contributed by atoms with Gasteiger partial charge in [0.1, 0.15) is 35.9 Å². The Morgan fingerprint density at radius 2 is 1.96 bits per heavy atom. The Morgan fingerprint density at radius 3 is 2.74 bits per heavy atom. The number of ether oxygens (including phenoxy) is 1. The molecule has 3 aromatic rings. The lowest BCUT2D eigenvalue weighted by Crippen LogP contribution is -2.17. The summed E-state index contributed by atoms with van der Waals surface area (Å²) in [6.07, 6.45) is 6.30. The Balaban J connectivity index is 1.61. The van der Waals surface area contributed by atoms with Crippen LogP contribution >= 0.6 is 0 Å². The number of fused-ring (bicyclic) bond motifs is 1. The number of para-hydroxylation sites is 1. The summed E-state index contributed by atoms with van der Waals surface area (Å²) in [6.45, 7) is 0.280. The molecule has 0 aliphatic heterocycles. The fourth-order valence-electron chi connectivity index (χ4n) is 3.45. The monoisotopic (exact) mass is 360 g/mol. The number of hydrogen-bond donors (Lipinski definition) is 1. The second-order valence-corrected chi connectivity index (χ2v) is 6.58. The molecule has 6 heteroatoms. The molecule has 4 rings (SSSR count). The van der Waals surface area contributed by atoms with Gasteiger partial charge in [-0.05, 0) is 25.0 Å². The molecule has 6 nitrogen and oxygen atoms in total. The average molecular weight is 360 g/mol. The van der Waals surface area contributed by atoms with Crippen LogP contribution in [0.4, 0.5) is 5.82 Å². The summed E-state index contributed by atoms with van der Waals surface area (Å²) in [7, 11) is 0. The summed E-state index contributed by atoms with van der Waals surface area (Å²) in [4.78, 5) is 20.1. The fourth-order valence-corrected chi connectivity index (χ4v) is 3.45. The van der Waals surface area contributed by atoms with Gasteiger partial charge in [0.15, 0.2) is 0 Å². The van der Waals surface area contributed by atoms with Crippen LogP contribution in [-0.4, -0.2) is 26.9 Å². The number of carbonyl (C=O) groups excluding carboxylic acids is 1. The summed E-state index contributed by atoms with van der Waals surface area (Å²) < 4.78 is 7.72. The van der Waals surface area contributed by atoms with Crippen molar-refractivity contribution in [2.45, 2.75) is 31.7 Å². The van der Waals surface area contributed by atoms with Crippen LogP contribution in [0.2, 0.25) is 0 Å². The Morgan fingerprint density at radius 1 is 1.19 bits per heavy atom. The van der Waals surface area contributed by atoms with E-state index in [4.69, 9.17) is 10.5 Å². The molecule has 0 unspecified atom stereocenters. The molecule has 0 saturated heterocycles. The minimum Gasteiger partial charge on any atom is -0.481 e. The zero-order valence-corrected chi connectivity index (χ0v) is 14.9. The van der Waals surface area contributed by atoms with Crippen molar-refractivity contribution >= 4 is 22.6 Å². The predicted molar refractivity (Wildman–Crippen MR) is 103 cm³/mol. The van der Waals surface area contributed by atoms with Crippen molar-refractivity contribution in [2.75, 3.05) is 12.3 Å². The standard InChI is InChI=1S/C21H20N4O2/c22-20-19-15(5-4-12-27-18-6-2-1-3-7-18)13-25(21(19)24-14-23-20)16-8-10-17(26)11-9-16/h1-3,6-7,13-14,16H,8-12H2,(H2,22,23,24). The molecule has 1 aliphatic rings. The summed E-state index contributed by atoms with van der Waals surface area (Å²) in [5.41, 5.74) is 7.66. The van der Waals surface area contributed by atoms with Crippen LogP contribution in [0.1, 0.15) is 37.3 Å². The Labute approximate surface area is 157 Å². The number of carbonyl (C=O) groups is 1. The molecule has 136 valence electrons. The van der Waals surface area contributed by atoms with E-state index in [-0.39, 0.29) is 12.6 Å². The van der Waals surface area contributed by atoms with E-state index in [1.54, 1.807) is 0 Å². The molecule has 1 fully saturated rings. The van der Waals surface area contributed by atoms with Gasteiger partial charge in [-0.3, -0.25) is 4.79 Å². The normalized spacial score (nSPS) is 14.7. The van der Waals surface area contributed by atoms with Crippen molar-refractivity contribution in [1.82, 2.24) is 14.5 Å². The van der Waals surface area contributed by atoms with Gasteiger partial charge in [0.2, 0.25) is 0 Å². The molecule has 2 N–H and O–H groups in total.